The van der Waals surface area contributed by atoms with Gasteiger partial charge >= 0.3 is 5.97 Å². The normalized spacial score (nSPS) is 26.3. The van der Waals surface area contributed by atoms with E-state index in [1.54, 1.807) is 6.07 Å². The number of hydrogen-bond donors (Lipinski definition) is 3. The third kappa shape index (κ3) is 5.47. The molecule has 9 heteroatoms. The monoisotopic (exact) mass is 693 g/mol. The van der Waals surface area contributed by atoms with Gasteiger partial charge in [-0.3, -0.25) is 19.3 Å². The zero-order chi connectivity index (χ0) is 35.8. The summed E-state index contributed by atoms with van der Waals surface area (Å²) >= 11 is 0. The number of rotatable bonds is 7. The van der Waals surface area contributed by atoms with Gasteiger partial charge in [0.15, 0.2) is 0 Å². The summed E-state index contributed by atoms with van der Waals surface area (Å²) in [5, 5.41) is 12.9. The van der Waals surface area contributed by atoms with Crippen molar-refractivity contribution in [1.82, 2.24) is 4.90 Å². The number of esters is 1. The van der Waals surface area contributed by atoms with E-state index in [-0.39, 0.29) is 13.2 Å². The summed E-state index contributed by atoms with van der Waals surface area (Å²) in [5.74, 6) is 3.78. The molecule has 0 saturated carbocycles. The van der Waals surface area contributed by atoms with Crippen LogP contribution in [0.5, 0.6) is 5.75 Å². The van der Waals surface area contributed by atoms with Crippen LogP contribution in [0.4, 0.5) is 5.69 Å². The van der Waals surface area contributed by atoms with Crippen LogP contribution in [0.25, 0.3) is 0 Å². The van der Waals surface area contributed by atoms with Gasteiger partial charge in [-0.25, -0.2) is 0 Å². The van der Waals surface area contributed by atoms with E-state index in [9.17, 15) is 14.7 Å². The Kier molecular flexibility index (Phi) is 8.87. The Morgan fingerprint density at radius 3 is 2.37 bits per heavy atom. The molecule has 1 aliphatic carbocycles. The van der Waals surface area contributed by atoms with Crippen molar-refractivity contribution in [3.05, 3.63) is 143 Å². The predicted molar refractivity (Wildman–Crippen MR) is 195 cm³/mol. The fourth-order valence-corrected chi connectivity index (χ4v) is 8.77. The number of nitrogens with zero attached hydrogens (tertiary/aromatic N) is 1. The highest BCUT2D eigenvalue weighted by Gasteiger charge is 2.74. The number of primary amides is 1. The third-order valence-electron chi connectivity index (χ3n) is 10.8. The summed E-state index contributed by atoms with van der Waals surface area (Å²) in [6, 6.07) is 29.1. The first-order valence-corrected chi connectivity index (χ1v) is 17.8. The number of para-hydroxylation sites is 1. The van der Waals surface area contributed by atoms with Crippen molar-refractivity contribution in [1.29, 1.82) is 0 Å². The molecule has 52 heavy (non-hydrogen) atoms. The summed E-state index contributed by atoms with van der Waals surface area (Å²) in [7, 11) is 0. The Morgan fingerprint density at radius 1 is 0.923 bits per heavy atom. The Hall–Kier alpha value is -5.69. The number of carbonyl (C=O) groups excluding carboxylic acids is 3. The van der Waals surface area contributed by atoms with Gasteiger partial charge in [-0.15, -0.1) is 0 Å². The Bertz CT molecular complexity index is 2120. The maximum Gasteiger partial charge on any atom is 0.324 e. The van der Waals surface area contributed by atoms with Gasteiger partial charge < -0.3 is 25.6 Å². The number of amides is 2. The first-order chi connectivity index (χ1) is 25.4. The van der Waals surface area contributed by atoms with Crippen LogP contribution in [-0.4, -0.2) is 47.0 Å². The number of nitrogens with two attached hydrogens (primary N) is 1. The van der Waals surface area contributed by atoms with Gasteiger partial charge in [-0.1, -0.05) is 96.8 Å². The summed E-state index contributed by atoms with van der Waals surface area (Å²) in [6.07, 6.45) is 5.53. The maximum absolute atomic E-state index is 15.0. The second-order valence-electron chi connectivity index (χ2n) is 13.7. The van der Waals surface area contributed by atoms with Crippen molar-refractivity contribution in [2.45, 2.75) is 55.3 Å². The standard InChI is InChI=1S/C43H39N3O6/c44-40(48)35-37-41(49)52-38(30-16-8-3-9-17-30)36(29-14-6-2-7-15-29)46(37)39(31-18-10-11-19-34(31)51-25-24-47)43(35)32-26-28(22-23-33(32)45-42(43)50)21-20-27-12-4-1-5-13-27/h2-3,6-12,14-19,22-23,26,35-39,47H,1,4-5,13,24-25H2,(H2,44,48)(H,45,50)/t35-,36-,37-,38+,39+,43-/m1/s1. The van der Waals surface area contributed by atoms with E-state index < -0.39 is 53.3 Å². The van der Waals surface area contributed by atoms with E-state index >= 15 is 4.79 Å². The molecular formula is C43H39N3O6. The van der Waals surface area contributed by atoms with Gasteiger partial charge in [0.25, 0.3) is 0 Å². The summed E-state index contributed by atoms with van der Waals surface area (Å²) < 4.78 is 12.5. The van der Waals surface area contributed by atoms with Crippen LogP contribution in [0.15, 0.2) is 115 Å². The van der Waals surface area contributed by atoms with Crippen LogP contribution in [-0.2, 0) is 24.5 Å². The maximum atomic E-state index is 15.0. The fraction of sp³-hybridized carbons (Fsp3) is 0.279. The highest BCUT2D eigenvalue weighted by atomic mass is 16.6. The summed E-state index contributed by atoms with van der Waals surface area (Å²) in [5.41, 5.74) is 9.61. The minimum Gasteiger partial charge on any atom is -0.491 e. The van der Waals surface area contributed by atoms with E-state index in [4.69, 9.17) is 15.2 Å². The van der Waals surface area contributed by atoms with Crippen LogP contribution in [0.1, 0.15) is 71.7 Å². The van der Waals surface area contributed by atoms with Crippen molar-refractivity contribution in [2.24, 2.45) is 11.7 Å². The van der Waals surface area contributed by atoms with Gasteiger partial charge in [0.1, 0.15) is 29.9 Å². The van der Waals surface area contributed by atoms with Crippen LogP contribution < -0.4 is 15.8 Å². The average Bonchev–Trinajstić information content (AvgIpc) is 3.66. The number of cyclic esters (lactones) is 1. The van der Waals surface area contributed by atoms with Crippen LogP contribution >= 0.6 is 0 Å². The molecule has 0 aromatic heterocycles. The fourth-order valence-electron chi connectivity index (χ4n) is 8.77. The van der Waals surface area contributed by atoms with Crippen molar-refractivity contribution < 1.29 is 29.0 Å². The Labute approximate surface area is 302 Å². The van der Waals surface area contributed by atoms with E-state index in [1.807, 2.05) is 102 Å². The minimum atomic E-state index is -1.70. The number of aliphatic hydroxyl groups is 1. The Morgan fingerprint density at radius 2 is 1.65 bits per heavy atom. The van der Waals surface area contributed by atoms with Crippen LogP contribution in [0.3, 0.4) is 0 Å². The molecule has 2 amide bonds. The highest BCUT2D eigenvalue weighted by molar-refractivity contribution is 6.12. The van der Waals surface area contributed by atoms with Crippen molar-refractivity contribution >= 4 is 23.5 Å². The highest BCUT2D eigenvalue weighted by Crippen LogP contribution is 2.65. The molecule has 4 N–H and O–H groups in total. The van der Waals surface area contributed by atoms with E-state index in [0.29, 0.717) is 28.1 Å². The molecule has 1 spiro atoms. The molecule has 2 fully saturated rings. The number of aliphatic hydroxyl groups excluding tert-OH is 1. The number of nitrogens with one attached hydrogen (secondary N) is 1. The molecule has 4 aliphatic rings. The third-order valence-corrected chi connectivity index (χ3v) is 10.8. The molecule has 4 aromatic carbocycles. The number of ether oxygens (including phenoxy) is 2. The number of benzene rings is 4. The molecule has 8 rings (SSSR count). The van der Waals surface area contributed by atoms with Crippen molar-refractivity contribution in [3.8, 4) is 17.6 Å². The number of hydrogen-bond acceptors (Lipinski definition) is 7. The lowest BCUT2D eigenvalue weighted by Gasteiger charge is -2.46. The van der Waals surface area contributed by atoms with Gasteiger partial charge in [0.05, 0.1) is 24.6 Å². The minimum absolute atomic E-state index is 0.00538. The zero-order valence-electron chi connectivity index (χ0n) is 28.5. The lowest BCUT2D eigenvalue weighted by Crippen LogP contribution is -2.53. The first kappa shape index (κ1) is 33.5. The van der Waals surface area contributed by atoms with Crippen molar-refractivity contribution in [3.63, 3.8) is 0 Å². The van der Waals surface area contributed by atoms with Gasteiger partial charge in [0.2, 0.25) is 11.8 Å². The number of allylic oxidation sites excluding steroid dienone is 2. The molecule has 3 aliphatic heterocycles. The van der Waals surface area contributed by atoms with E-state index in [1.165, 1.54) is 0 Å². The molecule has 262 valence electrons. The van der Waals surface area contributed by atoms with Crippen LogP contribution in [0.2, 0.25) is 0 Å². The second kappa shape index (κ2) is 13.8. The molecule has 0 radical (unpaired) electrons. The lowest BCUT2D eigenvalue weighted by molar-refractivity contribution is -0.178. The molecule has 3 heterocycles. The quantitative estimate of drug-likeness (QED) is 0.168. The van der Waals surface area contributed by atoms with E-state index in [0.717, 1.165) is 42.4 Å². The van der Waals surface area contributed by atoms with Gasteiger partial charge in [0, 0.05) is 16.8 Å². The molecule has 0 bridgehead atoms. The zero-order valence-corrected chi connectivity index (χ0v) is 28.5. The second-order valence-corrected chi connectivity index (χ2v) is 13.7. The number of morpholine rings is 1. The predicted octanol–water partition coefficient (Wildman–Crippen LogP) is 5.67. The van der Waals surface area contributed by atoms with Gasteiger partial charge in [-0.05, 0) is 72.2 Å². The summed E-state index contributed by atoms with van der Waals surface area (Å²) in [4.78, 5) is 45.6. The summed E-state index contributed by atoms with van der Waals surface area (Å²) in [6.45, 7) is -0.244. The molecular weight excluding hydrogens is 654 g/mol. The SMILES string of the molecule is NC(=O)[C@H]1[C@@H]2C(=O)O[C@@H](c3ccccc3)[C@@H](c3ccccc3)N2[C@@H](c2ccccc2OCCO)[C@]12C(=O)Nc1ccc(C#CC3=CCCCC3)cc12. The lowest BCUT2D eigenvalue weighted by atomic mass is 9.65. The molecule has 0 unspecified atom stereocenters. The number of anilines is 1. The molecule has 2 saturated heterocycles. The smallest absolute Gasteiger partial charge is 0.324 e. The largest absolute Gasteiger partial charge is 0.491 e. The number of fused-ring (bicyclic) bond motifs is 3. The van der Waals surface area contributed by atoms with Gasteiger partial charge in [-0.2, -0.15) is 0 Å². The molecule has 4 aromatic rings. The average molecular weight is 694 g/mol. The van der Waals surface area contributed by atoms with Crippen LogP contribution in [0, 0.1) is 17.8 Å². The van der Waals surface area contributed by atoms with E-state index in [2.05, 4.69) is 23.2 Å². The topological polar surface area (TPSA) is 131 Å². The first-order valence-electron chi connectivity index (χ1n) is 17.8. The van der Waals surface area contributed by atoms with Crippen molar-refractivity contribution in [2.75, 3.05) is 18.5 Å². The Balaban J connectivity index is 1.41. The molecule has 9 nitrogen and oxygen atoms in total. The molecule has 6 atom stereocenters. The number of carbonyl (C=O) groups is 3.